The lowest BCUT2D eigenvalue weighted by Gasteiger charge is -2.07. The largest absolute Gasteiger partial charge is 0.467 e. The monoisotopic (exact) mass is 249 g/mol. The SMILES string of the molecule is N#Cc1cc2ccccc2nc1NCc1ccco1. The first-order valence-corrected chi connectivity index (χ1v) is 5.93. The number of fused-ring (bicyclic) bond motifs is 1. The average Bonchev–Trinajstić information content (AvgIpc) is 2.97. The minimum atomic E-state index is 0.507. The van der Waals surface area contributed by atoms with Crippen LogP contribution >= 0.6 is 0 Å². The zero-order chi connectivity index (χ0) is 13.1. The first-order chi connectivity index (χ1) is 9.36. The summed E-state index contributed by atoms with van der Waals surface area (Å²) in [7, 11) is 0. The number of nitriles is 1. The molecule has 0 atom stereocenters. The van der Waals surface area contributed by atoms with Crippen molar-refractivity contribution in [3.05, 3.63) is 60.1 Å². The van der Waals surface area contributed by atoms with Gasteiger partial charge in [0, 0.05) is 5.39 Å². The number of hydrogen-bond donors (Lipinski definition) is 1. The van der Waals surface area contributed by atoms with Crippen LogP contribution in [-0.2, 0) is 6.54 Å². The molecule has 0 saturated carbocycles. The van der Waals surface area contributed by atoms with Crippen molar-refractivity contribution in [2.45, 2.75) is 6.54 Å². The lowest BCUT2D eigenvalue weighted by molar-refractivity contribution is 0.518. The van der Waals surface area contributed by atoms with Crippen LogP contribution < -0.4 is 5.32 Å². The molecule has 0 radical (unpaired) electrons. The van der Waals surface area contributed by atoms with E-state index in [0.29, 0.717) is 17.9 Å². The quantitative estimate of drug-likeness (QED) is 0.773. The minimum absolute atomic E-state index is 0.507. The Kier molecular flexibility index (Phi) is 2.87. The standard InChI is InChI=1S/C15H11N3O/c16-9-12-8-11-4-1-2-6-14(11)18-15(12)17-10-13-5-3-7-19-13/h1-8H,10H2,(H,17,18). The first-order valence-electron chi connectivity index (χ1n) is 5.93. The van der Waals surface area contributed by atoms with E-state index in [0.717, 1.165) is 16.7 Å². The Morgan fingerprint density at radius 1 is 1.21 bits per heavy atom. The van der Waals surface area contributed by atoms with Gasteiger partial charge < -0.3 is 9.73 Å². The molecule has 19 heavy (non-hydrogen) atoms. The third kappa shape index (κ3) is 2.26. The van der Waals surface area contributed by atoms with Gasteiger partial charge in [0.2, 0.25) is 0 Å². The highest BCUT2D eigenvalue weighted by Crippen LogP contribution is 2.20. The molecule has 2 aromatic heterocycles. The fraction of sp³-hybridized carbons (Fsp3) is 0.0667. The highest BCUT2D eigenvalue weighted by Gasteiger charge is 2.06. The summed E-state index contributed by atoms with van der Waals surface area (Å²) >= 11 is 0. The molecule has 0 amide bonds. The van der Waals surface area contributed by atoms with Gasteiger partial charge in [0.1, 0.15) is 17.6 Å². The molecule has 4 heteroatoms. The molecule has 0 aliphatic rings. The number of aromatic nitrogens is 1. The molecule has 3 rings (SSSR count). The van der Waals surface area contributed by atoms with E-state index in [1.54, 1.807) is 6.26 Å². The fourth-order valence-electron chi connectivity index (χ4n) is 1.92. The summed E-state index contributed by atoms with van der Waals surface area (Å²) in [5, 5.41) is 13.3. The van der Waals surface area contributed by atoms with Crippen LogP contribution in [0.3, 0.4) is 0 Å². The fourth-order valence-corrected chi connectivity index (χ4v) is 1.92. The lowest BCUT2D eigenvalue weighted by atomic mass is 10.1. The molecule has 4 nitrogen and oxygen atoms in total. The van der Waals surface area contributed by atoms with Crippen LogP contribution in [0.15, 0.2) is 53.1 Å². The molecule has 0 unspecified atom stereocenters. The van der Waals surface area contributed by atoms with Gasteiger partial charge >= 0.3 is 0 Å². The summed E-state index contributed by atoms with van der Waals surface area (Å²) in [6.07, 6.45) is 1.62. The molecule has 0 aliphatic heterocycles. The van der Waals surface area contributed by atoms with E-state index in [1.807, 2.05) is 42.5 Å². The maximum atomic E-state index is 9.18. The van der Waals surface area contributed by atoms with E-state index >= 15 is 0 Å². The zero-order valence-corrected chi connectivity index (χ0v) is 10.1. The van der Waals surface area contributed by atoms with E-state index in [1.165, 1.54) is 0 Å². The molecule has 92 valence electrons. The highest BCUT2D eigenvalue weighted by atomic mass is 16.3. The molecule has 0 bridgehead atoms. The Hall–Kier alpha value is -2.80. The van der Waals surface area contributed by atoms with Crippen molar-refractivity contribution in [1.82, 2.24) is 4.98 Å². The predicted molar refractivity (Wildman–Crippen MR) is 72.5 cm³/mol. The summed E-state index contributed by atoms with van der Waals surface area (Å²) < 4.78 is 5.24. The topological polar surface area (TPSA) is 61.9 Å². The van der Waals surface area contributed by atoms with Crippen molar-refractivity contribution >= 4 is 16.7 Å². The summed E-state index contributed by atoms with van der Waals surface area (Å²) in [6.45, 7) is 0.507. The molecule has 1 N–H and O–H groups in total. The van der Waals surface area contributed by atoms with Crippen molar-refractivity contribution in [3.63, 3.8) is 0 Å². The van der Waals surface area contributed by atoms with Gasteiger partial charge in [-0.1, -0.05) is 18.2 Å². The average molecular weight is 249 g/mol. The third-order valence-electron chi connectivity index (χ3n) is 2.85. The number of rotatable bonds is 3. The van der Waals surface area contributed by atoms with Gasteiger partial charge in [-0.25, -0.2) is 4.98 Å². The Bertz CT molecular complexity index is 742. The minimum Gasteiger partial charge on any atom is -0.467 e. The Labute approximate surface area is 110 Å². The number of para-hydroxylation sites is 1. The maximum Gasteiger partial charge on any atom is 0.145 e. The van der Waals surface area contributed by atoms with Crippen LogP contribution in [0.5, 0.6) is 0 Å². The van der Waals surface area contributed by atoms with Gasteiger partial charge in [-0.05, 0) is 24.3 Å². The second-order valence-electron chi connectivity index (χ2n) is 4.12. The van der Waals surface area contributed by atoms with Crippen LogP contribution in [0.2, 0.25) is 0 Å². The van der Waals surface area contributed by atoms with Crippen molar-refractivity contribution < 1.29 is 4.42 Å². The number of hydrogen-bond acceptors (Lipinski definition) is 4. The predicted octanol–water partition coefficient (Wildman–Crippen LogP) is 3.31. The number of benzene rings is 1. The Balaban J connectivity index is 1.95. The van der Waals surface area contributed by atoms with Crippen LogP contribution in [0, 0.1) is 11.3 Å². The summed E-state index contributed by atoms with van der Waals surface area (Å²) in [5.41, 5.74) is 1.40. The number of furan rings is 1. The number of nitrogens with zero attached hydrogens (tertiary/aromatic N) is 2. The van der Waals surface area contributed by atoms with Gasteiger partial charge in [0.25, 0.3) is 0 Å². The van der Waals surface area contributed by atoms with Crippen LogP contribution in [0.25, 0.3) is 10.9 Å². The van der Waals surface area contributed by atoms with E-state index in [9.17, 15) is 5.26 Å². The van der Waals surface area contributed by atoms with Gasteiger partial charge in [0.15, 0.2) is 0 Å². The van der Waals surface area contributed by atoms with Crippen molar-refractivity contribution in [2.75, 3.05) is 5.32 Å². The second kappa shape index (κ2) is 4.83. The molecule has 0 saturated heterocycles. The van der Waals surface area contributed by atoms with Gasteiger partial charge in [-0.2, -0.15) is 5.26 Å². The van der Waals surface area contributed by atoms with Crippen LogP contribution in [0.1, 0.15) is 11.3 Å². The molecule has 1 aromatic carbocycles. The molecular weight excluding hydrogens is 238 g/mol. The Morgan fingerprint density at radius 3 is 2.89 bits per heavy atom. The summed E-state index contributed by atoms with van der Waals surface area (Å²) in [6, 6.07) is 15.4. The van der Waals surface area contributed by atoms with Crippen molar-refractivity contribution in [3.8, 4) is 6.07 Å². The summed E-state index contributed by atoms with van der Waals surface area (Å²) in [5.74, 6) is 1.39. The second-order valence-corrected chi connectivity index (χ2v) is 4.12. The molecule has 2 heterocycles. The highest BCUT2D eigenvalue weighted by molar-refractivity contribution is 5.82. The van der Waals surface area contributed by atoms with E-state index < -0.39 is 0 Å². The number of pyridine rings is 1. The molecule has 0 fully saturated rings. The van der Waals surface area contributed by atoms with E-state index in [-0.39, 0.29) is 0 Å². The molecule has 3 aromatic rings. The lowest BCUT2D eigenvalue weighted by Crippen LogP contribution is -2.03. The first kappa shape index (κ1) is 11.3. The molecule has 0 aliphatic carbocycles. The van der Waals surface area contributed by atoms with E-state index in [2.05, 4.69) is 16.4 Å². The van der Waals surface area contributed by atoms with Gasteiger partial charge in [-0.3, -0.25) is 0 Å². The van der Waals surface area contributed by atoms with Crippen molar-refractivity contribution in [1.29, 1.82) is 5.26 Å². The Morgan fingerprint density at radius 2 is 2.11 bits per heavy atom. The van der Waals surface area contributed by atoms with Gasteiger partial charge in [0.05, 0.1) is 23.9 Å². The normalized spacial score (nSPS) is 10.3. The van der Waals surface area contributed by atoms with Crippen molar-refractivity contribution in [2.24, 2.45) is 0 Å². The van der Waals surface area contributed by atoms with Crippen LogP contribution in [0.4, 0.5) is 5.82 Å². The zero-order valence-electron chi connectivity index (χ0n) is 10.1. The van der Waals surface area contributed by atoms with Gasteiger partial charge in [-0.15, -0.1) is 0 Å². The summed E-state index contributed by atoms with van der Waals surface area (Å²) in [4.78, 5) is 4.47. The third-order valence-corrected chi connectivity index (χ3v) is 2.85. The van der Waals surface area contributed by atoms with E-state index in [4.69, 9.17) is 4.42 Å². The number of nitrogens with one attached hydrogen (secondary N) is 1. The van der Waals surface area contributed by atoms with Crippen LogP contribution in [-0.4, -0.2) is 4.98 Å². The smallest absolute Gasteiger partial charge is 0.145 e. The molecular formula is C15H11N3O. The maximum absolute atomic E-state index is 9.18. The number of anilines is 1. The molecule has 0 spiro atoms.